The molecule has 2 aromatic carbocycles. The number of ether oxygens (including phenoxy) is 2. The maximum absolute atomic E-state index is 14.6. The number of likely N-dealkylation sites (N-methyl/N-ethyl adjacent to an activating group) is 1. The van der Waals surface area contributed by atoms with Gasteiger partial charge in [0.2, 0.25) is 11.8 Å². The van der Waals surface area contributed by atoms with Gasteiger partial charge in [0.25, 0.3) is 5.91 Å². The number of aliphatic hydroxyl groups is 1. The van der Waals surface area contributed by atoms with Crippen molar-refractivity contribution in [3.8, 4) is 0 Å². The lowest BCUT2D eigenvalue weighted by Gasteiger charge is -2.37. The zero-order valence-electron chi connectivity index (χ0n) is 27.8. The van der Waals surface area contributed by atoms with Gasteiger partial charge in [-0.05, 0) is 56.0 Å². The second-order valence-corrected chi connectivity index (χ2v) is 14.4. The van der Waals surface area contributed by atoms with Gasteiger partial charge in [0.15, 0.2) is 0 Å². The van der Waals surface area contributed by atoms with Crippen molar-refractivity contribution in [2.75, 3.05) is 31.6 Å². The van der Waals surface area contributed by atoms with E-state index in [2.05, 4.69) is 29.1 Å². The van der Waals surface area contributed by atoms with E-state index in [-0.39, 0.29) is 49.2 Å². The fourth-order valence-corrected chi connectivity index (χ4v) is 8.57. The van der Waals surface area contributed by atoms with E-state index < -0.39 is 53.6 Å². The van der Waals surface area contributed by atoms with Crippen molar-refractivity contribution in [2.24, 2.45) is 11.8 Å². The molecule has 3 aliphatic heterocycles. The Bertz CT molecular complexity index is 1560. The first-order valence-electron chi connectivity index (χ1n) is 16.5. The van der Waals surface area contributed by atoms with Crippen LogP contribution in [0.2, 0.25) is 5.02 Å². The number of alkyl halides is 1. The van der Waals surface area contributed by atoms with E-state index in [1.807, 2.05) is 37.3 Å². The Balaban J connectivity index is 1.50. The Morgan fingerprint density at radius 1 is 1.16 bits per heavy atom. The van der Waals surface area contributed by atoms with Crippen LogP contribution in [0, 0.1) is 11.8 Å². The number of hydrogen-bond acceptors (Lipinski definition) is 7. The fraction of sp³-hybridized carbons (Fsp3) is 0.459. The molecule has 2 aromatic rings. The van der Waals surface area contributed by atoms with Gasteiger partial charge in [-0.1, -0.05) is 70.0 Å². The molecule has 3 heterocycles. The molecule has 1 unspecified atom stereocenters. The highest BCUT2D eigenvalue weighted by atomic mass is 79.9. The minimum atomic E-state index is -1.33. The summed E-state index contributed by atoms with van der Waals surface area (Å²) in [5.74, 6) is -3.57. The minimum Gasteiger partial charge on any atom is -0.455 e. The minimum absolute atomic E-state index is 0.0938. The molecule has 10 nitrogen and oxygen atoms in total. The van der Waals surface area contributed by atoms with Gasteiger partial charge < -0.3 is 29.3 Å². The van der Waals surface area contributed by atoms with E-state index in [9.17, 15) is 24.3 Å². The van der Waals surface area contributed by atoms with Crippen LogP contribution in [-0.4, -0.2) is 94.0 Å². The SMILES string of the molecule is C=CCCC(=O)N(C)[C@@H](C)[C@@H](OC(=O)[C@@H]1[C@H]2O[C@@]3(CC2Br)[C@H](C(=O)N(CC=C)c2ccc(Cl)cc2)N(CCCO)C(=O)[C@@H]13)c1ccccc1. The number of benzene rings is 2. The van der Waals surface area contributed by atoms with Crippen LogP contribution in [-0.2, 0) is 28.7 Å². The van der Waals surface area contributed by atoms with Crippen LogP contribution in [0.3, 0.4) is 0 Å². The molecule has 1 N–H and O–H groups in total. The topological polar surface area (TPSA) is 117 Å². The lowest BCUT2D eigenvalue weighted by Crippen LogP contribution is -2.57. The quantitative estimate of drug-likeness (QED) is 0.153. The van der Waals surface area contributed by atoms with Gasteiger partial charge in [-0.15, -0.1) is 13.2 Å². The monoisotopic (exact) mass is 755 g/mol. The van der Waals surface area contributed by atoms with Crippen molar-refractivity contribution in [3.63, 3.8) is 0 Å². The van der Waals surface area contributed by atoms with E-state index in [0.29, 0.717) is 29.1 Å². The summed E-state index contributed by atoms with van der Waals surface area (Å²) < 4.78 is 13.0. The smallest absolute Gasteiger partial charge is 0.313 e. The van der Waals surface area contributed by atoms with Gasteiger partial charge in [0, 0.05) is 48.7 Å². The Kier molecular flexibility index (Phi) is 11.7. The summed E-state index contributed by atoms with van der Waals surface area (Å²) in [7, 11) is 1.68. The van der Waals surface area contributed by atoms with E-state index in [0.717, 1.165) is 0 Å². The number of nitrogens with zero attached hydrogens (tertiary/aromatic N) is 3. The first-order chi connectivity index (χ1) is 23.5. The number of fused-ring (bicyclic) bond motifs is 1. The van der Waals surface area contributed by atoms with Crippen LogP contribution in [0.1, 0.15) is 44.3 Å². The maximum atomic E-state index is 14.6. The number of aliphatic hydroxyl groups excluding tert-OH is 1. The van der Waals surface area contributed by atoms with Crippen LogP contribution >= 0.6 is 27.5 Å². The molecule has 8 atom stereocenters. The Morgan fingerprint density at radius 2 is 1.86 bits per heavy atom. The third-order valence-corrected chi connectivity index (χ3v) is 11.0. The Labute approximate surface area is 300 Å². The zero-order valence-corrected chi connectivity index (χ0v) is 30.1. The van der Waals surface area contributed by atoms with Crippen LogP contribution < -0.4 is 4.90 Å². The highest BCUT2D eigenvalue weighted by molar-refractivity contribution is 9.09. The summed E-state index contributed by atoms with van der Waals surface area (Å²) in [6.07, 6.45) is 3.02. The Hall–Kier alpha value is -3.51. The first kappa shape index (κ1) is 36.8. The molecule has 3 fully saturated rings. The van der Waals surface area contributed by atoms with Gasteiger partial charge in [-0.3, -0.25) is 19.2 Å². The van der Waals surface area contributed by atoms with Crippen molar-refractivity contribution >= 4 is 56.9 Å². The van der Waals surface area contributed by atoms with Gasteiger partial charge in [0.1, 0.15) is 17.7 Å². The fourth-order valence-electron chi connectivity index (χ4n) is 7.50. The molecule has 3 amide bonds. The average molecular weight is 757 g/mol. The molecule has 49 heavy (non-hydrogen) atoms. The molecule has 1 spiro atoms. The van der Waals surface area contributed by atoms with Crippen LogP contribution in [0.5, 0.6) is 0 Å². The summed E-state index contributed by atoms with van der Waals surface area (Å²) >= 11 is 9.85. The second-order valence-electron chi connectivity index (χ2n) is 12.8. The van der Waals surface area contributed by atoms with Crippen LogP contribution in [0.4, 0.5) is 5.69 Å². The van der Waals surface area contributed by atoms with Crippen molar-refractivity contribution in [1.82, 2.24) is 9.80 Å². The first-order valence-corrected chi connectivity index (χ1v) is 17.8. The normalized spacial score (nSPS) is 26.5. The molecule has 0 saturated carbocycles. The number of carbonyl (C=O) groups excluding carboxylic acids is 4. The number of rotatable bonds is 15. The van der Waals surface area contributed by atoms with Crippen LogP contribution in [0.25, 0.3) is 0 Å². The predicted octanol–water partition coefficient (Wildman–Crippen LogP) is 5.09. The summed E-state index contributed by atoms with van der Waals surface area (Å²) in [5.41, 5.74) is -0.0723. The van der Waals surface area contributed by atoms with Gasteiger partial charge in [0.05, 0.1) is 24.0 Å². The number of likely N-dealkylation sites (tertiary alicyclic amines) is 1. The third-order valence-electron chi connectivity index (χ3n) is 9.94. The molecule has 3 saturated heterocycles. The number of allylic oxidation sites excluding steroid dienone is 1. The van der Waals surface area contributed by atoms with Gasteiger partial charge >= 0.3 is 5.97 Å². The molecule has 0 aromatic heterocycles. The lowest BCUT2D eigenvalue weighted by molar-refractivity contribution is -0.164. The number of carbonyl (C=O) groups is 4. The highest BCUT2D eigenvalue weighted by Gasteiger charge is 2.77. The van der Waals surface area contributed by atoms with E-state index >= 15 is 0 Å². The maximum Gasteiger partial charge on any atom is 0.313 e. The summed E-state index contributed by atoms with van der Waals surface area (Å²) in [5, 5.41) is 10.2. The van der Waals surface area contributed by atoms with Gasteiger partial charge in [-0.25, -0.2) is 0 Å². The molecule has 5 rings (SSSR count). The third kappa shape index (κ3) is 6.95. The molecule has 262 valence electrons. The summed E-state index contributed by atoms with van der Waals surface area (Å²) in [4.78, 5) is 60.7. The Morgan fingerprint density at radius 3 is 2.49 bits per heavy atom. The number of halogens is 2. The molecule has 2 bridgehead atoms. The number of esters is 1. The number of anilines is 1. The molecular formula is C37H43BrClN3O7. The van der Waals surface area contributed by atoms with Gasteiger partial charge in [-0.2, -0.15) is 0 Å². The van der Waals surface area contributed by atoms with Crippen molar-refractivity contribution < 1.29 is 33.8 Å². The molecule has 3 aliphatic rings. The molecule has 12 heteroatoms. The summed E-state index contributed by atoms with van der Waals surface area (Å²) in [6, 6.07) is 14.4. The predicted molar refractivity (Wildman–Crippen MR) is 190 cm³/mol. The van der Waals surface area contributed by atoms with E-state index in [1.165, 1.54) is 9.80 Å². The van der Waals surface area contributed by atoms with Crippen molar-refractivity contribution in [1.29, 1.82) is 0 Å². The molecule has 0 radical (unpaired) electrons. The van der Waals surface area contributed by atoms with Crippen molar-refractivity contribution in [3.05, 3.63) is 90.5 Å². The number of hydrogen-bond donors (Lipinski definition) is 1. The summed E-state index contributed by atoms with van der Waals surface area (Å²) in [6.45, 7) is 9.42. The zero-order chi connectivity index (χ0) is 35.5. The molecular weight excluding hydrogens is 714 g/mol. The van der Waals surface area contributed by atoms with E-state index in [1.54, 1.807) is 48.4 Å². The largest absolute Gasteiger partial charge is 0.455 e. The van der Waals surface area contributed by atoms with Crippen molar-refractivity contribution in [2.45, 2.75) is 67.3 Å². The average Bonchev–Trinajstić information content (AvgIpc) is 3.70. The molecule has 0 aliphatic carbocycles. The second kappa shape index (κ2) is 15.6. The standard InChI is InChI=1S/C37H43BrClN3O7/c1-5-7-14-28(44)40(4)23(3)31(24-12-9-8-10-13-24)48-36(47)29-30-34(45)42(20-11-21-43)33(37(30)22-27(38)32(29)49-37)35(46)41(19-6-2)26-17-15-25(39)16-18-26/h5-6,8-10,12-13,15-18,23,27,29-33,43H,1-2,7,11,14,19-22H2,3-4H3/t23-,27?,29-,30+,31+,32-,33-,37+/m0/s1. The van der Waals surface area contributed by atoms with Crippen LogP contribution in [0.15, 0.2) is 79.9 Å². The highest BCUT2D eigenvalue weighted by Crippen LogP contribution is 2.60. The number of amides is 3. The lowest BCUT2D eigenvalue weighted by atomic mass is 9.70. The van der Waals surface area contributed by atoms with E-state index in [4.69, 9.17) is 21.1 Å².